The molecular formula is C10H18O4. The van der Waals surface area contributed by atoms with Crippen molar-refractivity contribution in [2.45, 2.75) is 37.8 Å². The van der Waals surface area contributed by atoms with Crippen LogP contribution >= 0.6 is 0 Å². The number of hydrogen-bond acceptors (Lipinski definition) is 4. The van der Waals surface area contributed by atoms with Gasteiger partial charge >= 0.3 is 0 Å². The molecule has 0 aliphatic carbocycles. The van der Waals surface area contributed by atoms with E-state index in [0.29, 0.717) is 13.2 Å². The van der Waals surface area contributed by atoms with E-state index in [9.17, 15) is 0 Å². The lowest BCUT2D eigenvalue weighted by molar-refractivity contribution is -0.0415. The van der Waals surface area contributed by atoms with Gasteiger partial charge < -0.3 is 18.9 Å². The topological polar surface area (TPSA) is 36.9 Å². The standard InChI is InChI=1S/C10H18O4/c1-3-4-12-8-6-14-9-7(11-2)5-13-10(8)9/h7-10H,3-6H2,1-2H3. The van der Waals surface area contributed by atoms with Crippen LogP contribution in [0.5, 0.6) is 0 Å². The van der Waals surface area contributed by atoms with Crippen molar-refractivity contribution in [3.05, 3.63) is 0 Å². The molecular weight excluding hydrogens is 184 g/mol. The van der Waals surface area contributed by atoms with Gasteiger partial charge in [0, 0.05) is 13.7 Å². The highest BCUT2D eigenvalue weighted by molar-refractivity contribution is 4.95. The smallest absolute Gasteiger partial charge is 0.115 e. The molecule has 2 heterocycles. The quantitative estimate of drug-likeness (QED) is 0.668. The molecule has 4 atom stereocenters. The number of ether oxygens (including phenoxy) is 4. The largest absolute Gasteiger partial charge is 0.376 e. The van der Waals surface area contributed by atoms with Crippen LogP contribution in [0.4, 0.5) is 0 Å². The Bertz CT molecular complexity index is 185. The molecule has 0 N–H and O–H groups in total. The first-order chi connectivity index (χ1) is 6.86. The van der Waals surface area contributed by atoms with Crippen LogP contribution in [0.15, 0.2) is 0 Å². The summed E-state index contributed by atoms with van der Waals surface area (Å²) in [6.45, 7) is 4.13. The molecule has 0 spiro atoms. The summed E-state index contributed by atoms with van der Waals surface area (Å²) in [7, 11) is 1.69. The summed E-state index contributed by atoms with van der Waals surface area (Å²) in [6, 6.07) is 0. The van der Waals surface area contributed by atoms with Gasteiger partial charge in [0.25, 0.3) is 0 Å². The molecule has 2 fully saturated rings. The van der Waals surface area contributed by atoms with Crippen LogP contribution in [-0.2, 0) is 18.9 Å². The summed E-state index contributed by atoms with van der Waals surface area (Å²) in [6.07, 6.45) is 1.35. The van der Waals surface area contributed by atoms with Crippen molar-refractivity contribution in [2.75, 3.05) is 26.9 Å². The Labute approximate surface area is 84.5 Å². The molecule has 2 rings (SSSR count). The summed E-state index contributed by atoms with van der Waals surface area (Å²) in [5.74, 6) is 0. The first kappa shape index (κ1) is 10.4. The third-order valence-electron chi connectivity index (χ3n) is 2.80. The second-order valence-corrected chi connectivity index (χ2v) is 3.78. The summed E-state index contributed by atoms with van der Waals surface area (Å²) >= 11 is 0. The summed E-state index contributed by atoms with van der Waals surface area (Å²) in [4.78, 5) is 0. The van der Waals surface area contributed by atoms with Gasteiger partial charge in [-0.2, -0.15) is 0 Å². The van der Waals surface area contributed by atoms with E-state index in [1.807, 2.05) is 0 Å². The first-order valence-electron chi connectivity index (χ1n) is 5.24. The molecule has 0 radical (unpaired) electrons. The predicted octanol–water partition coefficient (Wildman–Crippen LogP) is 0.594. The molecule has 0 aromatic heterocycles. The highest BCUT2D eigenvalue weighted by Crippen LogP contribution is 2.30. The second-order valence-electron chi connectivity index (χ2n) is 3.78. The lowest BCUT2D eigenvalue weighted by Gasteiger charge is -2.16. The van der Waals surface area contributed by atoms with Gasteiger partial charge in [0.1, 0.15) is 24.4 Å². The summed E-state index contributed by atoms with van der Waals surface area (Å²) in [5, 5.41) is 0. The molecule has 0 aromatic carbocycles. The normalized spacial score (nSPS) is 41.6. The molecule has 2 aliphatic rings. The highest BCUT2D eigenvalue weighted by Gasteiger charge is 2.48. The molecule has 0 saturated carbocycles. The molecule has 14 heavy (non-hydrogen) atoms. The van der Waals surface area contributed by atoms with Gasteiger partial charge in [-0.25, -0.2) is 0 Å². The third kappa shape index (κ3) is 1.80. The van der Waals surface area contributed by atoms with Crippen molar-refractivity contribution in [2.24, 2.45) is 0 Å². The van der Waals surface area contributed by atoms with Crippen molar-refractivity contribution in [1.82, 2.24) is 0 Å². The first-order valence-corrected chi connectivity index (χ1v) is 5.24. The Morgan fingerprint density at radius 2 is 1.79 bits per heavy atom. The fourth-order valence-corrected chi connectivity index (χ4v) is 2.04. The van der Waals surface area contributed by atoms with E-state index >= 15 is 0 Å². The molecule has 2 aliphatic heterocycles. The predicted molar refractivity (Wildman–Crippen MR) is 50.3 cm³/mol. The van der Waals surface area contributed by atoms with E-state index in [4.69, 9.17) is 18.9 Å². The molecule has 2 saturated heterocycles. The minimum absolute atomic E-state index is 0.0712. The van der Waals surface area contributed by atoms with E-state index in [1.165, 1.54) is 0 Å². The van der Waals surface area contributed by atoms with Crippen LogP contribution in [0.3, 0.4) is 0 Å². The molecule has 82 valence electrons. The maximum atomic E-state index is 5.65. The fourth-order valence-electron chi connectivity index (χ4n) is 2.04. The average molecular weight is 202 g/mol. The molecule has 4 unspecified atom stereocenters. The number of methoxy groups -OCH3 is 1. The number of hydrogen-bond donors (Lipinski definition) is 0. The fraction of sp³-hybridized carbons (Fsp3) is 1.00. The van der Waals surface area contributed by atoms with Crippen molar-refractivity contribution in [3.8, 4) is 0 Å². The van der Waals surface area contributed by atoms with Gasteiger partial charge in [-0.05, 0) is 6.42 Å². The van der Waals surface area contributed by atoms with Gasteiger partial charge in [-0.15, -0.1) is 0 Å². The zero-order valence-corrected chi connectivity index (χ0v) is 8.77. The zero-order valence-electron chi connectivity index (χ0n) is 8.77. The Morgan fingerprint density at radius 1 is 1.14 bits per heavy atom. The van der Waals surface area contributed by atoms with Crippen molar-refractivity contribution in [1.29, 1.82) is 0 Å². The molecule has 0 aromatic rings. The molecule has 4 nitrogen and oxygen atoms in total. The minimum atomic E-state index is 0.0712. The van der Waals surface area contributed by atoms with Crippen molar-refractivity contribution < 1.29 is 18.9 Å². The van der Waals surface area contributed by atoms with Crippen LogP contribution in [0.2, 0.25) is 0 Å². The number of rotatable bonds is 4. The van der Waals surface area contributed by atoms with E-state index in [2.05, 4.69) is 6.92 Å². The van der Waals surface area contributed by atoms with Crippen LogP contribution < -0.4 is 0 Å². The second kappa shape index (κ2) is 4.57. The molecule has 0 bridgehead atoms. The van der Waals surface area contributed by atoms with Crippen molar-refractivity contribution >= 4 is 0 Å². The lowest BCUT2D eigenvalue weighted by atomic mass is 10.1. The summed E-state index contributed by atoms with van der Waals surface area (Å²) in [5.41, 5.74) is 0. The van der Waals surface area contributed by atoms with E-state index in [0.717, 1.165) is 13.0 Å². The zero-order chi connectivity index (χ0) is 9.97. The van der Waals surface area contributed by atoms with Crippen LogP contribution in [0.1, 0.15) is 13.3 Å². The van der Waals surface area contributed by atoms with Crippen molar-refractivity contribution in [3.63, 3.8) is 0 Å². The van der Waals surface area contributed by atoms with Crippen LogP contribution in [-0.4, -0.2) is 51.3 Å². The maximum Gasteiger partial charge on any atom is 0.115 e. The third-order valence-corrected chi connectivity index (χ3v) is 2.80. The Balaban J connectivity index is 1.87. The van der Waals surface area contributed by atoms with E-state index in [1.54, 1.807) is 7.11 Å². The SMILES string of the molecule is CCCOC1COC2C(OC)COC12. The van der Waals surface area contributed by atoms with Gasteiger partial charge in [-0.1, -0.05) is 6.92 Å². The Morgan fingerprint density at radius 3 is 2.43 bits per heavy atom. The van der Waals surface area contributed by atoms with E-state index < -0.39 is 0 Å². The monoisotopic (exact) mass is 202 g/mol. The van der Waals surface area contributed by atoms with Gasteiger partial charge in [0.15, 0.2) is 0 Å². The average Bonchev–Trinajstić information content (AvgIpc) is 2.75. The summed E-state index contributed by atoms with van der Waals surface area (Å²) < 4.78 is 22.2. The maximum absolute atomic E-state index is 5.65. The number of fused-ring (bicyclic) bond motifs is 1. The van der Waals surface area contributed by atoms with Crippen LogP contribution in [0, 0.1) is 0 Å². The minimum Gasteiger partial charge on any atom is -0.376 e. The van der Waals surface area contributed by atoms with Gasteiger partial charge in [-0.3, -0.25) is 0 Å². The van der Waals surface area contributed by atoms with E-state index in [-0.39, 0.29) is 24.4 Å². The molecule has 0 amide bonds. The highest BCUT2D eigenvalue weighted by atomic mass is 16.6. The van der Waals surface area contributed by atoms with Gasteiger partial charge in [0.05, 0.1) is 13.2 Å². The lowest BCUT2D eigenvalue weighted by Crippen LogP contribution is -2.33. The Kier molecular flexibility index (Phi) is 3.38. The van der Waals surface area contributed by atoms with Crippen LogP contribution in [0.25, 0.3) is 0 Å². The Hall–Kier alpha value is -0.160. The molecule has 4 heteroatoms. The van der Waals surface area contributed by atoms with Gasteiger partial charge in [0.2, 0.25) is 0 Å².